The van der Waals surface area contributed by atoms with Crippen molar-refractivity contribution in [2.45, 2.75) is 38.6 Å². The smallest absolute Gasteiger partial charge is 0.189 e. The van der Waals surface area contributed by atoms with Crippen LogP contribution in [0.4, 0.5) is 4.39 Å². The predicted molar refractivity (Wildman–Crippen MR) is 72.5 cm³/mol. The molecule has 0 spiro atoms. The summed E-state index contributed by atoms with van der Waals surface area (Å²) < 4.78 is 24.3. The number of hydrogen-bond acceptors (Lipinski definition) is 3. The van der Waals surface area contributed by atoms with Gasteiger partial charge in [0.1, 0.15) is 11.6 Å². The molecule has 1 aromatic carbocycles. The van der Waals surface area contributed by atoms with E-state index in [1.54, 1.807) is 6.07 Å². The molecule has 0 amide bonds. The van der Waals surface area contributed by atoms with Gasteiger partial charge in [0.15, 0.2) is 6.79 Å². The molecule has 1 atom stereocenters. The highest BCUT2D eigenvalue weighted by Crippen LogP contribution is 2.29. The van der Waals surface area contributed by atoms with Crippen molar-refractivity contribution in [3.05, 3.63) is 29.6 Å². The third kappa shape index (κ3) is 4.80. The maximum atomic E-state index is 13.3. The topological polar surface area (TPSA) is 44.5 Å². The lowest BCUT2D eigenvalue weighted by Gasteiger charge is -2.14. The first-order valence-corrected chi connectivity index (χ1v) is 6.93. The Morgan fingerprint density at radius 3 is 2.89 bits per heavy atom. The van der Waals surface area contributed by atoms with Gasteiger partial charge in [-0.2, -0.15) is 0 Å². The van der Waals surface area contributed by atoms with Crippen molar-refractivity contribution in [1.82, 2.24) is 0 Å². The normalized spacial score (nSPS) is 16.4. The van der Waals surface area contributed by atoms with Crippen LogP contribution in [0, 0.1) is 11.7 Å². The lowest BCUT2D eigenvalue weighted by molar-refractivity contribution is 0.00938. The second-order valence-corrected chi connectivity index (χ2v) is 5.20. The Hall–Kier alpha value is -1.13. The Labute approximate surface area is 113 Å². The van der Waals surface area contributed by atoms with Crippen LogP contribution in [0.25, 0.3) is 0 Å². The van der Waals surface area contributed by atoms with Crippen LogP contribution < -0.4 is 10.5 Å². The highest BCUT2D eigenvalue weighted by Gasteiger charge is 2.21. The van der Waals surface area contributed by atoms with E-state index in [0.717, 1.165) is 18.6 Å². The van der Waals surface area contributed by atoms with E-state index in [9.17, 15) is 4.39 Å². The van der Waals surface area contributed by atoms with Gasteiger partial charge in [-0.1, -0.05) is 6.92 Å². The van der Waals surface area contributed by atoms with Crippen molar-refractivity contribution < 1.29 is 13.9 Å². The summed E-state index contributed by atoms with van der Waals surface area (Å²) in [7, 11) is 0. The third-order valence-electron chi connectivity index (χ3n) is 3.38. The number of nitrogens with two attached hydrogens (primary N) is 1. The second-order valence-electron chi connectivity index (χ2n) is 5.20. The van der Waals surface area contributed by atoms with Gasteiger partial charge in [0.25, 0.3) is 0 Å². The Morgan fingerprint density at radius 2 is 2.21 bits per heavy atom. The lowest BCUT2D eigenvalue weighted by atomic mass is 10.0. The van der Waals surface area contributed by atoms with Crippen molar-refractivity contribution in [3.8, 4) is 5.75 Å². The first-order valence-electron chi connectivity index (χ1n) is 6.93. The monoisotopic (exact) mass is 267 g/mol. The molecular weight excluding hydrogens is 245 g/mol. The minimum atomic E-state index is -0.260. The first-order chi connectivity index (χ1) is 9.19. The van der Waals surface area contributed by atoms with Gasteiger partial charge >= 0.3 is 0 Å². The van der Waals surface area contributed by atoms with Crippen molar-refractivity contribution in [2.24, 2.45) is 11.7 Å². The van der Waals surface area contributed by atoms with Crippen LogP contribution in [0.3, 0.4) is 0 Å². The molecule has 3 nitrogen and oxygen atoms in total. The SMILES string of the molecule is CCC(N)Cc1cc(F)ccc1OCOCC1CC1. The Bertz CT molecular complexity index is 407. The summed E-state index contributed by atoms with van der Waals surface area (Å²) in [4.78, 5) is 0. The van der Waals surface area contributed by atoms with Crippen LogP contribution in [0.5, 0.6) is 5.75 Å². The molecule has 1 aliphatic carbocycles. The zero-order valence-corrected chi connectivity index (χ0v) is 11.4. The fraction of sp³-hybridized carbons (Fsp3) is 0.600. The number of halogens is 1. The van der Waals surface area contributed by atoms with Crippen LogP contribution >= 0.6 is 0 Å². The molecule has 0 aliphatic heterocycles. The van der Waals surface area contributed by atoms with E-state index in [1.807, 2.05) is 6.92 Å². The maximum absolute atomic E-state index is 13.3. The van der Waals surface area contributed by atoms with E-state index in [1.165, 1.54) is 25.0 Å². The Kier molecular flexibility index (Phi) is 5.16. The number of hydrogen-bond donors (Lipinski definition) is 1. The minimum absolute atomic E-state index is 0.0246. The standard InChI is InChI=1S/C15H22FNO2/c1-2-14(17)8-12-7-13(16)5-6-15(12)19-10-18-9-11-3-4-11/h5-7,11,14H,2-4,8-10,17H2,1H3. The summed E-state index contributed by atoms with van der Waals surface area (Å²) >= 11 is 0. The molecule has 0 saturated heterocycles. The summed E-state index contributed by atoms with van der Waals surface area (Å²) in [6.45, 7) is 2.99. The molecule has 1 saturated carbocycles. The molecule has 0 bridgehead atoms. The molecule has 0 radical (unpaired) electrons. The number of benzene rings is 1. The van der Waals surface area contributed by atoms with Crippen LogP contribution in [0.2, 0.25) is 0 Å². The average molecular weight is 267 g/mol. The van der Waals surface area contributed by atoms with Gasteiger partial charge in [0, 0.05) is 6.04 Å². The van der Waals surface area contributed by atoms with E-state index in [2.05, 4.69) is 0 Å². The van der Waals surface area contributed by atoms with Gasteiger partial charge in [-0.3, -0.25) is 0 Å². The van der Waals surface area contributed by atoms with Crippen molar-refractivity contribution in [3.63, 3.8) is 0 Å². The highest BCUT2D eigenvalue weighted by atomic mass is 19.1. The predicted octanol–water partition coefficient (Wildman–Crippen LogP) is 2.87. The maximum Gasteiger partial charge on any atom is 0.189 e. The van der Waals surface area contributed by atoms with E-state index in [0.29, 0.717) is 18.1 Å². The molecule has 1 aromatic rings. The van der Waals surface area contributed by atoms with Crippen molar-refractivity contribution >= 4 is 0 Å². The largest absolute Gasteiger partial charge is 0.467 e. The minimum Gasteiger partial charge on any atom is -0.467 e. The van der Waals surface area contributed by atoms with Crippen molar-refractivity contribution in [1.29, 1.82) is 0 Å². The molecule has 19 heavy (non-hydrogen) atoms. The molecule has 0 aromatic heterocycles. The van der Waals surface area contributed by atoms with E-state index >= 15 is 0 Å². The summed E-state index contributed by atoms with van der Waals surface area (Å²) in [5.41, 5.74) is 6.73. The zero-order chi connectivity index (χ0) is 13.7. The van der Waals surface area contributed by atoms with E-state index < -0.39 is 0 Å². The molecule has 106 valence electrons. The van der Waals surface area contributed by atoms with Crippen LogP contribution in [-0.2, 0) is 11.2 Å². The molecule has 1 aliphatic rings. The highest BCUT2D eigenvalue weighted by molar-refractivity contribution is 5.34. The summed E-state index contributed by atoms with van der Waals surface area (Å²) in [5.74, 6) is 1.12. The van der Waals surface area contributed by atoms with Gasteiger partial charge in [0.2, 0.25) is 0 Å². The molecule has 1 fully saturated rings. The van der Waals surface area contributed by atoms with Crippen molar-refractivity contribution in [2.75, 3.05) is 13.4 Å². The van der Waals surface area contributed by atoms with E-state index in [-0.39, 0.29) is 18.7 Å². The number of rotatable bonds is 8. The third-order valence-corrected chi connectivity index (χ3v) is 3.38. The molecule has 1 unspecified atom stereocenters. The van der Waals surface area contributed by atoms with Gasteiger partial charge in [-0.25, -0.2) is 4.39 Å². The quantitative estimate of drug-likeness (QED) is 0.582. The molecule has 2 N–H and O–H groups in total. The summed E-state index contributed by atoms with van der Waals surface area (Å²) in [6, 6.07) is 4.56. The lowest BCUT2D eigenvalue weighted by Crippen LogP contribution is -2.22. The Morgan fingerprint density at radius 1 is 1.42 bits per heavy atom. The fourth-order valence-corrected chi connectivity index (χ4v) is 1.88. The van der Waals surface area contributed by atoms with Crippen LogP contribution in [0.1, 0.15) is 31.7 Å². The van der Waals surface area contributed by atoms with Gasteiger partial charge in [0.05, 0.1) is 6.61 Å². The fourth-order valence-electron chi connectivity index (χ4n) is 1.88. The molecule has 0 heterocycles. The zero-order valence-electron chi connectivity index (χ0n) is 11.4. The first kappa shape index (κ1) is 14.3. The van der Waals surface area contributed by atoms with E-state index in [4.69, 9.17) is 15.2 Å². The summed E-state index contributed by atoms with van der Waals surface area (Å²) in [5, 5.41) is 0. The second kappa shape index (κ2) is 6.87. The van der Waals surface area contributed by atoms with Gasteiger partial charge < -0.3 is 15.2 Å². The van der Waals surface area contributed by atoms with Crippen LogP contribution in [0.15, 0.2) is 18.2 Å². The van der Waals surface area contributed by atoms with Gasteiger partial charge in [-0.05, 0) is 55.4 Å². The molecule has 2 rings (SSSR count). The molecule has 4 heteroatoms. The van der Waals surface area contributed by atoms with Crippen LogP contribution in [-0.4, -0.2) is 19.4 Å². The Balaban J connectivity index is 1.88. The van der Waals surface area contributed by atoms with Gasteiger partial charge in [-0.15, -0.1) is 0 Å². The average Bonchev–Trinajstić information content (AvgIpc) is 3.20. The summed E-state index contributed by atoms with van der Waals surface area (Å²) in [6.07, 6.45) is 3.99. The molecular formula is C15H22FNO2. The number of ether oxygens (including phenoxy) is 2.